The largest absolute Gasteiger partial charge is 0.397 e. The molecular formula is C32H23N9O8S2. The maximum Gasteiger partial charge on any atom is 0.296 e. The second kappa shape index (κ2) is 13.4. The Morgan fingerprint density at radius 1 is 0.510 bits per heavy atom. The van der Waals surface area contributed by atoms with Crippen molar-refractivity contribution in [2.45, 2.75) is 9.79 Å². The Labute approximate surface area is 288 Å². The van der Waals surface area contributed by atoms with Gasteiger partial charge in [0.25, 0.3) is 25.9 Å². The van der Waals surface area contributed by atoms with Gasteiger partial charge < -0.3 is 11.5 Å². The predicted octanol–water partition coefficient (Wildman–Crippen LogP) is 8.81. The minimum absolute atomic E-state index is 0.0119. The molecule has 17 nitrogen and oxygen atoms in total. The SMILES string of the molecule is Nc1cc(N)c([N+](=O)[O-])cc1N=Nc1ccc(N=Nc2ccc(N=Nc3ccccc3S(=O)(=O)O)c3ccccc23)c2ccc(S(=O)(=O)O)cc12. The number of nitro groups is 1. The molecule has 0 fully saturated rings. The predicted molar refractivity (Wildman–Crippen MR) is 188 cm³/mol. The molecule has 19 heteroatoms. The van der Waals surface area contributed by atoms with E-state index in [9.17, 15) is 36.1 Å². The molecule has 0 saturated heterocycles. The maximum atomic E-state index is 12.0. The van der Waals surface area contributed by atoms with E-state index >= 15 is 0 Å². The van der Waals surface area contributed by atoms with Crippen LogP contribution >= 0.6 is 0 Å². The number of nitrogens with two attached hydrogens (primary N) is 2. The van der Waals surface area contributed by atoms with Gasteiger partial charge in [-0.05, 0) is 54.6 Å². The van der Waals surface area contributed by atoms with Crippen molar-refractivity contribution in [1.82, 2.24) is 0 Å². The van der Waals surface area contributed by atoms with Crippen molar-refractivity contribution in [3.05, 3.63) is 113 Å². The van der Waals surface area contributed by atoms with Gasteiger partial charge in [0.2, 0.25) is 0 Å². The Bertz CT molecular complexity index is 2720. The third-order valence-corrected chi connectivity index (χ3v) is 9.18. The second-order valence-corrected chi connectivity index (χ2v) is 13.5. The Morgan fingerprint density at radius 3 is 1.51 bits per heavy atom. The molecular weight excluding hydrogens is 703 g/mol. The van der Waals surface area contributed by atoms with Crippen LogP contribution in [0.4, 0.5) is 51.2 Å². The number of fused-ring (bicyclic) bond motifs is 2. The number of nitrogens with zero attached hydrogens (tertiary/aromatic N) is 7. The zero-order chi connectivity index (χ0) is 36.5. The van der Waals surface area contributed by atoms with Crippen LogP contribution in [0.15, 0.2) is 144 Å². The normalized spacial score (nSPS) is 12.5. The van der Waals surface area contributed by atoms with Crippen LogP contribution in [-0.2, 0) is 20.2 Å². The van der Waals surface area contributed by atoms with Gasteiger partial charge in [0, 0.05) is 27.6 Å². The molecule has 0 atom stereocenters. The van der Waals surface area contributed by atoms with Crippen molar-refractivity contribution in [1.29, 1.82) is 0 Å². The van der Waals surface area contributed by atoms with Gasteiger partial charge in [-0.15, -0.1) is 30.7 Å². The number of azo groups is 3. The van der Waals surface area contributed by atoms with Gasteiger partial charge in [0.15, 0.2) is 0 Å². The van der Waals surface area contributed by atoms with Crippen molar-refractivity contribution in [3.8, 4) is 0 Å². The molecule has 6 N–H and O–H groups in total. The van der Waals surface area contributed by atoms with Gasteiger partial charge in [-0.25, -0.2) is 0 Å². The number of hydrogen-bond acceptors (Lipinski definition) is 14. The fraction of sp³-hybridized carbons (Fsp3) is 0. The molecule has 0 spiro atoms. The summed E-state index contributed by atoms with van der Waals surface area (Å²) in [4.78, 5) is 9.83. The van der Waals surface area contributed by atoms with Crippen LogP contribution in [0.5, 0.6) is 0 Å². The van der Waals surface area contributed by atoms with E-state index in [-0.39, 0.29) is 39.5 Å². The third-order valence-electron chi connectivity index (χ3n) is 7.43. The minimum Gasteiger partial charge on any atom is -0.397 e. The monoisotopic (exact) mass is 725 g/mol. The molecule has 0 saturated carbocycles. The topological polar surface area (TPSA) is 278 Å². The number of hydrogen-bond donors (Lipinski definition) is 4. The van der Waals surface area contributed by atoms with Crippen LogP contribution in [0.25, 0.3) is 21.5 Å². The highest BCUT2D eigenvalue weighted by atomic mass is 32.2. The van der Waals surface area contributed by atoms with Crippen LogP contribution in [0.3, 0.4) is 0 Å². The summed E-state index contributed by atoms with van der Waals surface area (Å²) in [6.45, 7) is 0. The van der Waals surface area contributed by atoms with Crippen molar-refractivity contribution >= 4 is 93.0 Å². The molecule has 0 radical (unpaired) electrons. The first-order valence-electron chi connectivity index (χ1n) is 14.4. The average molecular weight is 726 g/mol. The molecule has 0 aliphatic carbocycles. The zero-order valence-corrected chi connectivity index (χ0v) is 27.4. The molecule has 0 bridgehead atoms. The standard InChI is InChI=1S/C32H23N9O8S2/c33-23-16-24(34)31(41(42)43)17-30(23)40-38-28-14-13-27(21-10-9-18(15-22(21)28)50(44,45)46)36-35-25-11-12-26(20-6-2-1-5-19(20)25)37-39-29-7-3-4-8-32(29)51(47,48)49/h1-17H,33-34H2,(H,44,45,46)(H,47,48,49). The number of nitrogen functional groups attached to an aromatic ring is 2. The smallest absolute Gasteiger partial charge is 0.296 e. The quantitative estimate of drug-likeness (QED) is 0.0361. The lowest BCUT2D eigenvalue weighted by molar-refractivity contribution is -0.383. The minimum atomic E-state index is -4.63. The van der Waals surface area contributed by atoms with Crippen LogP contribution in [-0.4, -0.2) is 30.9 Å². The number of anilines is 2. The molecule has 51 heavy (non-hydrogen) atoms. The summed E-state index contributed by atoms with van der Waals surface area (Å²) in [5.74, 6) is 0. The van der Waals surface area contributed by atoms with Gasteiger partial charge in [-0.3, -0.25) is 19.2 Å². The van der Waals surface area contributed by atoms with E-state index in [2.05, 4.69) is 30.7 Å². The first-order chi connectivity index (χ1) is 24.2. The van der Waals surface area contributed by atoms with Crippen molar-refractivity contribution in [2.24, 2.45) is 30.7 Å². The van der Waals surface area contributed by atoms with Crippen molar-refractivity contribution in [2.75, 3.05) is 11.5 Å². The Balaban J connectivity index is 1.40. The highest BCUT2D eigenvalue weighted by Crippen LogP contribution is 2.40. The average Bonchev–Trinajstić information content (AvgIpc) is 3.09. The van der Waals surface area contributed by atoms with E-state index in [1.165, 1.54) is 48.5 Å². The van der Waals surface area contributed by atoms with Crippen molar-refractivity contribution < 1.29 is 30.9 Å². The summed E-state index contributed by atoms with van der Waals surface area (Å²) in [5, 5.41) is 38.4. The van der Waals surface area contributed by atoms with E-state index in [4.69, 9.17) is 11.5 Å². The molecule has 0 unspecified atom stereocenters. The Kier molecular flexibility index (Phi) is 9.02. The number of nitro benzene ring substituents is 1. The van der Waals surface area contributed by atoms with E-state index < -0.39 is 40.6 Å². The van der Waals surface area contributed by atoms with Crippen molar-refractivity contribution in [3.63, 3.8) is 0 Å². The highest BCUT2D eigenvalue weighted by Gasteiger charge is 2.18. The van der Waals surface area contributed by atoms with Crippen LogP contribution < -0.4 is 11.5 Å². The lowest BCUT2D eigenvalue weighted by atomic mass is 10.1. The Morgan fingerprint density at radius 2 is 0.980 bits per heavy atom. The highest BCUT2D eigenvalue weighted by molar-refractivity contribution is 7.86. The van der Waals surface area contributed by atoms with Crippen LogP contribution in [0, 0.1) is 10.1 Å². The van der Waals surface area contributed by atoms with Crippen LogP contribution in [0.1, 0.15) is 0 Å². The zero-order valence-electron chi connectivity index (χ0n) is 25.8. The molecule has 0 aliphatic heterocycles. The summed E-state index contributed by atoms with van der Waals surface area (Å²) in [6, 6.07) is 24.8. The van der Waals surface area contributed by atoms with Crippen LogP contribution in [0.2, 0.25) is 0 Å². The fourth-order valence-corrected chi connectivity index (χ4v) is 6.14. The van der Waals surface area contributed by atoms with Gasteiger partial charge in [-0.1, -0.05) is 42.5 Å². The number of benzene rings is 6. The summed E-state index contributed by atoms with van der Waals surface area (Å²) in [7, 11) is -9.17. The maximum absolute atomic E-state index is 12.0. The van der Waals surface area contributed by atoms with Gasteiger partial charge in [-0.2, -0.15) is 16.8 Å². The molecule has 256 valence electrons. The summed E-state index contributed by atoms with van der Waals surface area (Å²) in [6.07, 6.45) is 0. The van der Waals surface area contributed by atoms with Gasteiger partial charge in [0.05, 0.1) is 38.3 Å². The second-order valence-electron chi connectivity index (χ2n) is 10.7. The molecule has 0 aromatic heterocycles. The molecule has 0 amide bonds. The number of rotatable bonds is 9. The lowest BCUT2D eigenvalue weighted by Crippen LogP contribution is -1.97. The fourth-order valence-electron chi connectivity index (χ4n) is 5.01. The molecule has 6 aromatic carbocycles. The summed E-state index contributed by atoms with van der Waals surface area (Å²) in [5.41, 5.74) is 12.1. The molecule has 6 aromatic rings. The Hall–Kier alpha value is -6.54. The first kappa shape index (κ1) is 34.3. The summed E-state index contributed by atoms with van der Waals surface area (Å²) >= 11 is 0. The van der Waals surface area contributed by atoms with Gasteiger partial charge in [0.1, 0.15) is 22.0 Å². The van der Waals surface area contributed by atoms with Gasteiger partial charge >= 0.3 is 0 Å². The molecule has 0 heterocycles. The van der Waals surface area contributed by atoms with E-state index in [0.717, 1.165) is 6.07 Å². The van der Waals surface area contributed by atoms with E-state index in [0.29, 0.717) is 27.5 Å². The lowest BCUT2D eigenvalue weighted by Gasteiger charge is -2.08. The summed E-state index contributed by atoms with van der Waals surface area (Å²) < 4.78 is 66.8. The van der Waals surface area contributed by atoms with E-state index in [1.54, 1.807) is 48.5 Å². The third kappa shape index (κ3) is 7.26. The van der Waals surface area contributed by atoms with E-state index in [1.807, 2.05) is 0 Å². The molecule has 0 aliphatic rings. The molecule has 6 rings (SSSR count). The first-order valence-corrected chi connectivity index (χ1v) is 17.3.